The van der Waals surface area contributed by atoms with E-state index in [1.54, 1.807) is 11.8 Å². The van der Waals surface area contributed by atoms with Crippen molar-refractivity contribution in [3.05, 3.63) is 0 Å². The fraction of sp³-hybridized carbons (Fsp3) is 0.800. The summed E-state index contributed by atoms with van der Waals surface area (Å²) in [6.07, 6.45) is 2.83. The van der Waals surface area contributed by atoms with Gasteiger partial charge in [0.05, 0.1) is 6.04 Å². The average molecular weight is 212 g/mol. The number of primary amides is 1. The van der Waals surface area contributed by atoms with E-state index in [2.05, 4.69) is 14.0 Å². The van der Waals surface area contributed by atoms with Crippen molar-refractivity contribution in [2.45, 2.75) is 12.5 Å². The van der Waals surface area contributed by atoms with Crippen LogP contribution >= 0.6 is 29.1 Å². The number of rotatable bonds is 6. The summed E-state index contributed by atoms with van der Waals surface area (Å²) in [7, 11) is 3.03. The molecule has 6 heteroatoms. The Morgan fingerprint density at radius 2 is 2.55 bits per heavy atom. The Hall–Kier alpha value is 0.640. The molecule has 11 heavy (non-hydrogen) atoms. The van der Waals surface area contributed by atoms with Crippen LogP contribution in [-0.4, -0.2) is 24.0 Å². The molecule has 0 rings (SSSR count). The van der Waals surface area contributed by atoms with Crippen LogP contribution in [-0.2, 0) is 4.79 Å². The Bertz CT molecular complexity index is 125. The molecule has 3 N–H and O–H groups in total. The molecular weight excluding hydrogens is 198 g/mol. The summed E-state index contributed by atoms with van der Waals surface area (Å²) in [6, 6.07) is -0.154. The third-order valence-electron chi connectivity index (χ3n) is 1.21. The zero-order chi connectivity index (χ0) is 8.69. The normalized spacial score (nSPS) is 14.0. The van der Waals surface area contributed by atoms with Crippen molar-refractivity contribution < 1.29 is 4.79 Å². The van der Waals surface area contributed by atoms with Gasteiger partial charge >= 0.3 is 0 Å². The standard InChI is InChI=1S/C5H14N2OP2S/c1-11-3-2-4(5(6)8)7-10-9/h4,7,10H,2-3,9H2,1H3,(H2,6,8). The lowest BCUT2D eigenvalue weighted by Crippen LogP contribution is -2.37. The highest BCUT2D eigenvalue weighted by molar-refractivity contribution is 8.01. The number of thioether (sulfide) groups is 1. The van der Waals surface area contributed by atoms with Crippen LogP contribution in [0.5, 0.6) is 0 Å². The molecule has 0 aliphatic rings. The van der Waals surface area contributed by atoms with Crippen LogP contribution in [0.1, 0.15) is 6.42 Å². The molecule has 3 atom stereocenters. The fourth-order valence-electron chi connectivity index (χ4n) is 0.622. The molecule has 0 spiro atoms. The molecule has 0 aromatic carbocycles. The molecule has 1 amide bonds. The Kier molecular flexibility index (Phi) is 7.72. The molecule has 0 saturated heterocycles. The summed E-state index contributed by atoms with van der Waals surface area (Å²) >= 11 is 1.72. The van der Waals surface area contributed by atoms with Gasteiger partial charge in [0.1, 0.15) is 0 Å². The smallest absolute Gasteiger partial charge is 0.234 e. The Morgan fingerprint density at radius 3 is 2.91 bits per heavy atom. The van der Waals surface area contributed by atoms with Gasteiger partial charge in [0.2, 0.25) is 5.91 Å². The monoisotopic (exact) mass is 212 g/mol. The lowest BCUT2D eigenvalue weighted by atomic mass is 10.2. The molecule has 0 bridgehead atoms. The molecule has 66 valence electrons. The largest absolute Gasteiger partial charge is 0.368 e. The Balaban J connectivity index is 3.60. The van der Waals surface area contributed by atoms with E-state index in [1.807, 2.05) is 6.26 Å². The van der Waals surface area contributed by atoms with Crippen molar-refractivity contribution in [3.8, 4) is 0 Å². The van der Waals surface area contributed by atoms with Gasteiger partial charge in [0.25, 0.3) is 0 Å². The quantitative estimate of drug-likeness (QED) is 0.633. The van der Waals surface area contributed by atoms with Crippen LogP contribution in [0, 0.1) is 0 Å². The molecule has 0 aromatic heterocycles. The molecule has 3 unspecified atom stereocenters. The maximum absolute atomic E-state index is 10.7. The number of carbonyl (C=O) groups is 1. The number of nitrogens with one attached hydrogen (secondary N) is 1. The van der Waals surface area contributed by atoms with Gasteiger partial charge in [-0.15, -0.1) is 0 Å². The molecule has 0 aromatic rings. The number of hydrogen-bond acceptors (Lipinski definition) is 3. The van der Waals surface area contributed by atoms with E-state index >= 15 is 0 Å². The van der Waals surface area contributed by atoms with Crippen LogP contribution in [0.15, 0.2) is 0 Å². The van der Waals surface area contributed by atoms with Crippen molar-refractivity contribution in [1.29, 1.82) is 0 Å². The highest BCUT2D eigenvalue weighted by atomic mass is 32.2. The van der Waals surface area contributed by atoms with Gasteiger partial charge in [-0.05, 0) is 26.8 Å². The van der Waals surface area contributed by atoms with Crippen molar-refractivity contribution in [2.24, 2.45) is 5.73 Å². The van der Waals surface area contributed by atoms with Crippen LogP contribution in [0.25, 0.3) is 0 Å². The first-order valence-corrected chi connectivity index (χ1v) is 7.42. The molecule has 3 nitrogen and oxygen atoms in total. The highest BCUT2D eigenvalue weighted by Gasteiger charge is 2.11. The third-order valence-corrected chi connectivity index (χ3v) is 2.87. The van der Waals surface area contributed by atoms with E-state index in [0.717, 1.165) is 12.2 Å². The average Bonchev–Trinajstić information content (AvgIpc) is 1.97. The van der Waals surface area contributed by atoms with Crippen molar-refractivity contribution in [1.82, 2.24) is 5.09 Å². The zero-order valence-electron chi connectivity index (χ0n) is 6.46. The summed E-state index contributed by atoms with van der Waals surface area (Å²) in [6.45, 7) is 0. The summed E-state index contributed by atoms with van der Waals surface area (Å²) in [5, 5.41) is 3.02. The Morgan fingerprint density at radius 1 is 1.91 bits per heavy atom. The van der Waals surface area contributed by atoms with Gasteiger partial charge in [0.15, 0.2) is 0 Å². The summed E-state index contributed by atoms with van der Waals surface area (Å²) in [4.78, 5) is 10.7. The minimum Gasteiger partial charge on any atom is -0.368 e. The van der Waals surface area contributed by atoms with E-state index in [1.165, 1.54) is 0 Å². The lowest BCUT2D eigenvalue weighted by Gasteiger charge is -2.12. The predicted molar refractivity (Wildman–Crippen MR) is 57.1 cm³/mol. The molecule has 0 saturated carbocycles. The molecule has 0 aliphatic carbocycles. The van der Waals surface area contributed by atoms with Crippen LogP contribution in [0.3, 0.4) is 0 Å². The summed E-state index contributed by atoms with van der Waals surface area (Å²) in [5.41, 5.74) is 5.15. The summed E-state index contributed by atoms with van der Waals surface area (Å²) in [5.74, 6) is 0.712. The zero-order valence-corrected chi connectivity index (χ0v) is 9.43. The van der Waals surface area contributed by atoms with E-state index in [-0.39, 0.29) is 11.9 Å². The predicted octanol–water partition coefficient (Wildman–Crippen LogP) is 0.567. The molecular formula is C5H14N2OP2S. The van der Waals surface area contributed by atoms with Gasteiger partial charge < -0.3 is 5.73 Å². The summed E-state index contributed by atoms with van der Waals surface area (Å²) < 4.78 is 0. The van der Waals surface area contributed by atoms with Crippen molar-refractivity contribution in [2.75, 3.05) is 12.0 Å². The minimum atomic E-state index is -0.256. The van der Waals surface area contributed by atoms with Gasteiger partial charge in [0, 0.05) is 0 Å². The molecule has 0 fully saturated rings. The van der Waals surface area contributed by atoms with Gasteiger partial charge in [-0.2, -0.15) is 11.8 Å². The first-order chi connectivity index (χ1) is 5.22. The van der Waals surface area contributed by atoms with E-state index in [4.69, 9.17) is 5.73 Å². The second kappa shape index (κ2) is 7.30. The number of nitrogens with two attached hydrogens (primary N) is 1. The maximum Gasteiger partial charge on any atom is 0.234 e. The van der Waals surface area contributed by atoms with Crippen LogP contribution in [0.4, 0.5) is 0 Å². The topological polar surface area (TPSA) is 55.1 Å². The molecule has 0 heterocycles. The fourth-order valence-corrected chi connectivity index (χ4v) is 2.18. The number of hydrogen-bond donors (Lipinski definition) is 2. The van der Waals surface area contributed by atoms with Crippen molar-refractivity contribution in [3.63, 3.8) is 0 Å². The Labute approximate surface area is 75.6 Å². The number of carbonyl (C=O) groups excluding carboxylic acids is 1. The highest BCUT2D eigenvalue weighted by Crippen LogP contribution is 2.16. The van der Waals surface area contributed by atoms with Crippen molar-refractivity contribution >= 4 is 35.0 Å². The third kappa shape index (κ3) is 5.86. The van der Waals surface area contributed by atoms with Gasteiger partial charge in [-0.3, -0.25) is 9.88 Å². The van der Waals surface area contributed by atoms with E-state index in [9.17, 15) is 4.79 Å². The molecule has 0 aliphatic heterocycles. The van der Waals surface area contributed by atoms with Gasteiger partial charge in [-0.25, -0.2) is 0 Å². The minimum absolute atomic E-state index is 0.154. The maximum atomic E-state index is 10.7. The number of amides is 1. The molecule has 0 radical (unpaired) electrons. The van der Waals surface area contributed by atoms with E-state index in [0.29, 0.717) is 8.42 Å². The van der Waals surface area contributed by atoms with E-state index < -0.39 is 0 Å². The lowest BCUT2D eigenvalue weighted by molar-refractivity contribution is -0.119. The van der Waals surface area contributed by atoms with Crippen LogP contribution < -0.4 is 10.8 Å². The SMILES string of the molecule is CSCCC(NPP)C(N)=O. The first kappa shape index (κ1) is 11.6. The van der Waals surface area contributed by atoms with Crippen LogP contribution in [0.2, 0.25) is 0 Å². The second-order valence-corrected chi connectivity index (χ2v) is 4.45. The van der Waals surface area contributed by atoms with Gasteiger partial charge in [-0.1, -0.05) is 8.93 Å². The first-order valence-electron chi connectivity index (χ1n) is 3.21. The second-order valence-electron chi connectivity index (χ2n) is 2.03.